The van der Waals surface area contributed by atoms with Gasteiger partial charge in [0, 0.05) is 22.8 Å². The molecule has 1 amide bonds. The van der Waals surface area contributed by atoms with E-state index in [0.717, 1.165) is 0 Å². The summed E-state index contributed by atoms with van der Waals surface area (Å²) in [5.74, 6) is -0.137. The first-order valence-electron chi connectivity index (χ1n) is 5.75. The lowest BCUT2D eigenvalue weighted by Gasteiger charge is -2.35. The smallest absolute Gasteiger partial charge is 0.256 e. The minimum atomic E-state index is -0.306. The van der Waals surface area contributed by atoms with Crippen LogP contribution in [0.4, 0.5) is 5.69 Å². The molecule has 0 heterocycles. The SMILES string of the molecule is C=CCN(C(=O)c1cc(Cl)ccc1N)C(C)(C)C. The highest BCUT2D eigenvalue weighted by Crippen LogP contribution is 2.23. The molecule has 0 spiro atoms. The van der Waals surface area contributed by atoms with Crippen molar-refractivity contribution in [3.8, 4) is 0 Å². The van der Waals surface area contributed by atoms with Crippen molar-refractivity contribution in [1.29, 1.82) is 0 Å². The second-order valence-corrected chi connectivity index (χ2v) is 5.54. The first-order chi connectivity index (χ1) is 8.27. The van der Waals surface area contributed by atoms with E-state index in [2.05, 4.69) is 6.58 Å². The van der Waals surface area contributed by atoms with E-state index in [9.17, 15) is 4.79 Å². The minimum absolute atomic E-state index is 0.137. The van der Waals surface area contributed by atoms with Crippen molar-refractivity contribution < 1.29 is 4.79 Å². The Morgan fingerprint density at radius 3 is 2.61 bits per heavy atom. The van der Waals surface area contributed by atoms with E-state index >= 15 is 0 Å². The highest BCUT2D eigenvalue weighted by Gasteiger charge is 2.27. The zero-order valence-corrected chi connectivity index (χ0v) is 11.8. The number of amides is 1. The second-order valence-electron chi connectivity index (χ2n) is 5.11. The van der Waals surface area contributed by atoms with Gasteiger partial charge in [-0.3, -0.25) is 4.79 Å². The first kappa shape index (κ1) is 14.6. The number of halogens is 1. The summed E-state index contributed by atoms with van der Waals surface area (Å²) in [7, 11) is 0. The molecule has 98 valence electrons. The summed E-state index contributed by atoms with van der Waals surface area (Å²) in [5, 5.41) is 0.500. The van der Waals surface area contributed by atoms with E-state index < -0.39 is 0 Å². The number of rotatable bonds is 3. The monoisotopic (exact) mass is 266 g/mol. The van der Waals surface area contributed by atoms with Crippen LogP contribution in [0.5, 0.6) is 0 Å². The van der Waals surface area contributed by atoms with Crippen LogP contribution in [0.1, 0.15) is 31.1 Å². The lowest BCUT2D eigenvalue weighted by molar-refractivity contribution is 0.0618. The van der Waals surface area contributed by atoms with Gasteiger partial charge >= 0.3 is 0 Å². The van der Waals surface area contributed by atoms with Gasteiger partial charge in [-0.15, -0.1) is 6.58 Å². The highest BCUT2D eigenvalue weighted by molar-refractivity contribution is 6.31. The molecule has 0 saturated carbocycles. The molecular formula is C14H19ClN2O. The number of benzene rings is 1. The van der Waals surface area contributed by atoms with Crippen molar-refractivity contribution in [1.82, 2.24) is 4.90 Å². The maximum atomic E-state index is 12.5. The summed E-state index contributed by atoms with van der Waals surface area (Å²) in [6.45, 7) is 10.0. The van der Waals surface area contributed by atoms with Crippen LogP contribution < -0.4 is 5.73 Å². The summed E-state index contributed by atoms with van der Waals surface area (Å²) in [4.78, 5) is 14.2. The molecule has 1 rings (SSSR count). The van der Waals surface area contributed by atoms with Crippen molar-refractivity contribution in [2.24, 2.45) is 0 Å². The van der Waals surface area contributed by atoms with Gasteiger partial charge in [0.2, 0.25) is 0 Å². The van der Waals surface area contributed by atoms with Gasteiger partial charge in [-0.2, -0.15) is 0 Å². The molecule has 0 saturated heterocycles. The van der Waals surface area contributed by atoms with Gasteiger partial charge in [0.25, 0.3) is 5.91 Å². The Labute approximate surface area is 113 Å². The first-order valence-corrected chi connectivity index (χ1v) is 6.13. The summed E-state index contributed by atoms with van der Waals surface area (Å²) in [6, 6.07) is 4.91. The normalized spacial score (nSPS) is 11.1. The quantitative estimate of drug-likeness (QED) is 0.674. The largest absolute Gasteiger partial charge is 0.398 e. The predicted molar refractivity (Wildman–Crippen MR) is 76.9 cm³/mol. The number of nitrogens with two attached hydrogens (primary N) is 1. The van der Waals surface area contributed by atoms with Gasteiger partial charge < -0.3 is 10.6 Å². The lowest BCUT2D eigenvalue weighted by Crippen LogP contribution is -2.45. The molecule has 18 heavy (non-hydrogen) atoms. The molecule has 0 fully saturated rings. The number of carbonyl (C=O) groups is 1. The maximum Gasteiger partial charge on any atom is 0.256 e. The van der Waals surface area contributed by atoms with Crippen LogP contribution in [0, 0.1) is 0 Å². The van der Waals surface area contributed by atoms with E-state index in [1.807, 2.05) is 20.8 Å². The fourth-order valence-corrected chi connectivity index (χ4v) is 1.82. The number of nitrogen functional groups attached to an aromatic ring is 1. The summed E-state index contributed by atoms with van der Waals surface area (Å²) in [6.07, 6.45) is 1.70. The summed E-state index contributed by atoms with van der Waals surface area (Å²) >= 11 is 5.91. The number of nitrogens with zero attached hydrogens (tertiary/aromatic N) is 1. The molecule has 0 bridgehead atoms. The molecule has 0 unspecified atom stereocenters. The molecule has 1 aromatic carbocycles. The van der Waals surface area contributed by atoms with E-state index in [1.54, 1.807) is 29.2 Å². The highest BCUT2D eigenvalue weighted by atomic mass is 35.5. The molecule has 0 aromatic heterocycles. The van der Waals surface area contributed by atoms with E-state index in [-0.39, 0.29) is 11.4 Å². The number of hydrogen-bond donors (Lipinski definition) is 1. The number of carbonyl (C=O) groups excluding carboxylic acids is 1. The van der Waals surface area contributed by atoms with Crippen LogP contribution in [0.3, 0.4) is 0 Å². The van der Waals surface area contributed by atoms with Crippen LogP contribution in [0.25, 0.3) is 0 Å². The molecule has 2 N–H and O–H groups in total. The van der Waals surface area contributed by atoms with E-state index in [0.29, 0.717) is 22.8 Å². The summed E-state index contributed by atoms with van der Waals surface area (Å²) < 4.78 is 0. The average Bonchev–Trinajstić information content (AvgIpc) is 2.27. The van der Waals surface area contributed by atoms with Gasteiger partial charge in [-0.25, -0.2) is 0 Å². The van der Waals surface area contributed by atoms with Gasteiger partial charge in [-0.05, 0) is 39.0 Å². The number of anilines is 1. The summed E-state index contributed by atoms with van der Waals surface area (Å²) in [5.41, 5.74) is 6.39. The van der Waals surface area contributed by atoms with Crippen molar-refractivity contribution in [2.75, 3.05) is 12.3 Å². The zero-order valence-electron chi connectivity index (χ0n) is 11.0. The van der Waals surface area contributed by atoms with Crippen LogP contribution >= 0.6 is 11.6 Å². The predicted octanol–water partition coefficient (Wildman–Crippen LogP) is 3.35. The zero-order chi connectivity index (χ0) is 13.9. The van der Waals surface area contributed by atoms with Crippen LogP contribution in [0.15, 0.2) is 30.9 Å². The Balaban J connectivity index is 3.17. The second kappa shape index (κ2) is 5.44. The third-order valence-corrected chi connectivity index (χ3v) is 2.85. The Bertz CT molecular complexity index is 463. The van der Waals surface area contributed by atoms with Gasteiger partial charge in [0.05, 0.1) is 5.56 Å². The lowest BCUT2D eigenvalue weighted by atomic mass is 10.0. The van der Waals surface area contributed by atoms with Crippen molar-refractivity contribution >= 4 is 23.2 Å². The topological polar surface area (TPSA) is 46.3 Å². The third kappa shape index (κ3) is 3.26. The molecule has 1 aromatic rings. The van der Waals surface area contributed by atoms with Crippen molar-refractivity contribution in [2.45, 2.75) is 26.3 Å². The Morgan fingerprint density at radius 2 is 2.11 bits per heavy atom. The minimum Gasteiger partial charge on any atom is -0.398 e. The average molecular weight is 267 g/mol. The molecule has 0 aliphatic heterocycles. The fourth-order valence-electron chi connectivity index (χ4n) is 1.65. The molecule has 3 nitrogen and oxygen atoms in total. The Morgan fingerprint density at radius 1 is 1.50 bits per heavy atom. The standard InChI is InChI=1S/C14H19ClN2O/c1-5-8-17(14(2,3)4)13(18)11-9-10(15)6-7-12(11)16/h5-7,9H,1,8,16H2,2-4H3. The molecule has 0 radical (unpaired) electrons. The van der Waals surface area contributed by atoms with Crippen LogP contribution in [0.2, 0.25) is 5.02 Å². The molecular weight excluding hydrogens is 248 g/mol. The molecule has 4 heteroatoms. The van der Waals surface area contributed by atoms with E-state index in [4.69, 9.17) is 17.3 Å². The fraction of sp³-hybridized carbons (Fsp3) is 0.357. The van der Waals surface area contributed by atoms with Crippen LogP contribution in [-0.2, 0) is 0 Å². The van der Waals surface area contributed by atoms with E-state index in [1.165, 1.54) is 0 Å². The third-order valence-electron chi connectivity index (χ3n) is 2.61. The molecule has 0 atom stereocenters. The van der Waals surface area contributed by atoms with Gasteiger partial charge in [0.1, 0.15) is 0 Å². The molecule has 0 aliphatic rings. The Kier molecular flexibility index (Phi) is 4.41. The van der Waals surface area contributed by atoms with Crippen molar-refractivity contribution in [3.05, 3.63) is 41.4 Å². The van der Waals surface area contributed by atoms with Crippen molar-refractivity contribution in [3.63, 3.8) is 0 Å². The Hall–Kier alpha value is -1.48. The van der Waals surface area contributed by atoms with Gasteiger partial charge in [-0.1, -0.05) is 17.7 Å². The van der Waals surface area contributed by atoms with Crippen LogP contribution in [-0.4, -0.2) is 22.9 Å². The van der Waals surface area contributed by atoms with Gasteiger partial charge in [0.15, 0.2) is 0 Å². The molecule has 0 aliphatic carbocycles. The maximum absolute atomic E-state index is 12.5. The number of hydrogen-bond acceptors (Lipinski definition) is 2.